The fraction of sp³-hybridized carbons (Fsp3) is 1.00. The van der Waals surface area contributed by atoms with E-state index in [4.69, 9.17) is 10.0 Å². The van der Waals surface area contributed by atoms with Gasteiger partial charge in [0, 0.05) is 0 Å². The van der Waals surface area contributed by atoms with Crippen LogP contribution in [0.1, 0.15) is 6.92 Å². The summed E-state index contributed by atoms with van der Waals surface area (Å²) in [7, 11) is -2.63. The van der Waals surface area contributed by atoms with Crippen LogP contribution in [0.25, 0.3) is 0 Å². The number of hydrogen-bond acceptors (Lipinski definition) is 2. The van der Waals surface area contributed by atoms with E-state index in [9.17, 15) is 13.2 Å². The van der Waals surface area contributed by atoms with Gasteiger partial charge in [-0.2, -0.15) is 0 Å². The SMILES string of the molecule is CC(F)(B(O)O)C(F)F. The first kappa shape index (κ1) is 8.77. The standard InChI is InChI=1S/C3H6BF3O2/c1-3(7,2(5)6)4(8)9/h2,8-9H,1H3. The number of alkyl halides is 3. The highest BCUT2D eigenvalue weighted by Crippen LogP contribution is 2.20. The van der Waals surface area contributed by atoms with Crippen LogP contribution in [0.2, 0.25) is 0 Å². The molecule has 0 aliphatic rings. The van der Waals surface area contributed by atoms with Crippen molar-refractivity contribution in [3.8, 4) is 0 Å². The summed E-state index contributed by atoms with van der Waals surface area (Å²) in [5.74, 6) is 0. The molecule has 0 bridgehead atoms. The van der Waals surface area contributed by atoms with E-state index in [1.165, 1.54) is 0 Å². The predicted molar refractivity (Wildman–Crippen MR) is 25.7 cm³/mol. The number of rotatable bonds is 2. The van der Waals surface area contributed by atoms with Crippen LogP contribution in [0.4, 0.5) is 13.2 Å². The molecule has 0 saturated carbocycles. The molecule has 0 aliphatic heterocycles. The van der Waals surface area contributed by atoms with E-state index in [0.717, 1.165) is 0 Å². The van der Waals surface area contributed by atoms with Crippen LogP contribution < -0.4 is 0 Å². The summed E-state index contributed by atoms with van der Waals surface area (Å²) in [5, 5.41) is 15.9. The topological polar surface area (TPSA) is 40.5 Å². The van der Waals surface area contributed by atoms with E-state index >= 15 is 0 Å². The quantitative estimate of drug-likeness (QED) is 0.532. The van der Waals surface area contributed by atoms with E-state index in [-0.39, 0.29) is 0 Å². The summed E-state index contributed by atoms with van der Waals surface area (Å²) in [6.45, 7) is 0.419. The molecule has 0 rings (SSSR count). The summed E-state index contributed by atoms with van der Waals surface area (Å²) in [5.41, 5.74) is -3.22. The van der Waals surface area contributed by atoms with Crippen molar-refractivity contribution in [2.24, 2.45) is 0 Å². The van der Waals surface area contributed by atoms with Gasteiger partial charge in [-0.25, -0.2) is 13.2 Å². The molecule has 0 aliphatic carbocycles. The fourth-order valence-corrected chi connectivity index (χ4v) is 0.113. The van der Waals surface area contributed by atoms with Gasteiger partial charge in [0.1, 0.15) is 0 Å². The average molecular weight is 142 g/mol. The Morgan fingerprint density at radius 1 is 1.44 bits per heavy atom. The Hall–Kier alpha value is -0.225. The molecule has 0 aromatic rings. The van der Waals surface area contributed by atoms with Gasteiger partial charge in [0.25, 0.3) is 6.43 Å². The van der Waals surface area contributed by atoms with Crippen molar-refractivity contribution in [2.75, 3.05) is 0 Å². The monoisotopic (exact) mass is 142 g/mol. The average Bonchev–Trinajstić information content (AvgIpc) is 1.65. The summed E-state index contributed by atoms with van der Waals surface area (Å²) in [6.07, 6.45) is -3.38. The molecule has 0 amide bonds. The maximum atomic E-state index is 12.1. The van der Waals surface area contributed by atoms with Crippen LogP contribution in [-0.2, 0) is 0 Å². The molecule has 0 aromatic carbocycles. The van der Waals surface area contributed by atoms with Crippen LogP contribution >= 0.6 is 0 Å². The second-order valence-electron chi connectivity index (χ2n) is 1.83. The number of halogens is 3. The van der Waals surface area contributed by atoms with Gasteiger partial charge in [0.05, 0.1) is 0 Å². The minimum atomic E-state index is -3.38. The summed E-state index contributed by atoms with van der Waals surface area (Å²) >= 11 is 0. The van der Waals surface area contributed by atoms with Crippen molar-refractivity contribution < 1.29 is 23.2 Å². The molecular weight excluding hydrogens is 136 g/mol. The van der Waals surface area contributed by atoms with E-state index in [0.29, 0.717) is 6.92 Å². The van der Waals surface area contributed by atoms with Crippen molar-refractivity contribution in [1.82, 2.24) is 0 Å². The molecule has 9 heavy (non-hydrogen) atoms. The lowest BCUT2D eigenvalue weighted by atomic mass is 9.71. The fourth-order valence-electron chi connectivity index (χ4n) is 0.113. The van der Waals surface area contributed by atoms with Gasteiger partial charge >= 0.3 is 7.12 Å². The van der Waals surface area contributed by atoms with Crippen molar-refractivity contribution >= 4 is 7.12 Å². The molecule has 6 heteroatoms. The first-order valence-corrected chi connectivity index (χ1v) is 2.22. The smallest absolute Gasteiger partial charge is 0.425 e. The van der Waals surface area contributed by atoms with Gasteiger partial charge in [-0.3, -0.25) is 0 Å². The van der Waals surface area contributed by atoms with E-state index in [2.05, 4.69) is 0 Å². The maximum absolute atomic E-state index is 12.1. The Morgan fingerprint density at radius 2 is 1.78 bits per heavy atom. The Balaban J connectivity index is 4.01. The van der Waals surface area contributed by atoms with E-state index in [1.54, 1.807) is 0 Å². The normalized spacial score (nSPS) is 17.7. The third-order valence-electron chi connectivity index (χ3n) is 0.932. The minimum Gasteiger partial charge on any atom is -0.425 e. The Bertz CT molecular complexity index is 85.1. The van der Waals surface area contributed by atoms with Crippen LogP contribution in [-0.4, -0.2) is 29.2 Å². The number of hydrogen-bond donors (Lipinski definition) is 2. The van der Waals surface area contributed by atoms with Crippen LogP contribution in [0.15, 0.2) is 0 Å². The molecule has 0 saturated heterocycles. The third kappa shape index (κ3) is 1.87. The highest BCUT2D eigenvalue weighted by Gasteiger charge is 2.46. The lowest BCUT2D eigenvalue weighted by molar-refractivity contribution is 0.00982. The predicted octanol–water partition coefficient (Wildman–Crippen LogP) is -0.00830. The first-order chi connectivity index (χ1) is 3.89. The molecular formula is C3H6BF3O2. The second-order valence-corrected chi connectivity index (χ2v) is 1.83. The molecule has 0 heterocycles. The van der Waals surface area contributed by atoms with Gasteiger partial charge in [-0.15, -0.1) is 0 Å². The Labute approximate surface area is 50.4 Å². The van der Waals surface area contributed by atoms with E-state index in [1.807, 2.05) is 0 Å². The first-order valence-electron chi connectivity index (χ1n) is 2.22. The summed E-state index contributed by atoms with van der Waals surface area (Å²) in [4.78, 5) is 0. The molecule has 0 aromatic heterocycles. The van der Waals surface area contributed by atoms with Crippen LogP contribution in [0.3, 0.4) is 0 Å². The molecule has 0 spiro atoms. The molecule has 2 N–H and O–H groups in total. The van der Waals surface area contributed by atoms with E-state index < -0.39 is 19.1 Å². The van der Waals surface area contributed by atoms with Gasteiger partial charge in [-0.1, -0.05) is 0 Å². The maximum Gasteiger partial charge on any atom is 0.497 e. The zero-order valence-corrected chi connectivity index (χ0v) is 4.68. The van der Waals surface area contributed by atoms with Crippen molar-refractivity contribution in [3.05, 3.63) is 0 Å². The van der Waals surface area contributed by atoms with Gasteiger partial charge in [-0.05, 0) is 6.92 Å². The third-order valence-corrected chi connectivity index (χ3v) is 0.932. The van der Waals surface area contributed by atoms with Gasteiger partial charge in [0.15, 0.2) is 0 Å². The van der Waals surface area contributed by atoms with Gasteiger partial charge in [0.2, 0.25) is 5.57 Å². The van der Waals surface area contributed by atoms with Gasteiger partial charge < -0.3 is 10.0 Å². The highest BCUT2D eigenvalue weighted by molar-refractivity contribution is 6.45. The summed E-state index contributed by atoms with van der Waals surface area (Å²) in [6, 6.07) is 0. The minimum absolute atomic E-state index is 0.419. The van der Waals surface area contributed by atoms with Crippen LogP contribution in [0, 0.1) is 0 Å². The molecule has 0 fully saturated rings. The molecule has 1 atom stereocenters. The lowest BCUT2D eigenvalue weighted by Crippen LogP contribution is -2.45. The largest absolute Gasteiger partial charge is 0.497 e. The second kappa shape index (κ2) is 2.57. The Morgan fingerprint density at radius 3 is 1.78 bits per heavy atom. The summed E-state index contributed by atoms with van der Waals surface area (Å²) < 4.78 is 34.8. The van der Waals surface area contributed by atoms with Crippen molar-refractivity contribution in [2.45, 2.75) is 18.9 Å². The van der Waals surface area contributed by atoms with Crippen LogP contribution in [0.5, 0.6) is 0 Å². The highest BCUT2D eigenvalue weighted by atomic mass is 19.3. The molecule has 1 unspecified atom stereocenters. The molecule has 0 radical (unpaired) electrons. The Kier molecular flexibility index (Phi) is 2.51. The molecule has 54 valence electrons. The lowest BCUT2D eigenvalue weighted by Gasteiger charge is -2.16. The zero-order chi connectivity index (χ0) is 7.65. The zero-order valence-electron chi connectivity index (χ0n) is 4.68. The van der Waals surface area contributed by atoms with Crippen molar-refractivity contribution in [1.29, 1.82) is 0 Å². The molecule has 2 nitrogen and oxygen atoms in total. The van der Waals surface area contributed by atoms with Crippen molar-refractivity contribution in [3.63, 3.8) is 0 Å².